The van der Waals surface area contributed by atoms with Crippen LogP contribution in [0.3, 0.4) is 0 Å². The zero-order valence-corrected chi connectivity index (χ0v) is 19.3. The number of hydrogen-bond acceptors (Lipinski definition) is 7. The number of nitrogens with zero attached hydrogens (tertiary/aromatic N) is 4. The summed E-state index contributed by atoms with van der Waals surface area (Å²) in [7, 11) is 1.28. The number of aromatic nitrogens is 2. The Morgan fingerprint density at radius 1 is 1.19 bits per heavy atom. The van der Waals surface area contributed by atoms with Crippen LogP contribution in [0.4, 0.5) is 5.69 Å². The van der Waals surface area contributed by atoms with Crippen molar-refractivity contribution in [3.05, 3.63) is 51.4 Å². The van der Waals surface area contributed by atoms with E-state index in [9.17, 15) is 14.4 Å². The van der Waals surface area contributed by atoms with Crippen LogP contribution in [0.15, 0.2) is 35.3 Å². The van der Waals surface area contributed by atoms with E-state index in [1.54, 1.807) is 24.3 Å². The maximum absolute atomic E-state index is 13.0. The van der Waals surface area contributed by atoms with E-state index in [1.807, 2.05) is 18.7 Å². The van der Waals surface area contributed by atoms with Crippen molar-refractivity contribution < 1.29 is 14.3 Å². The second kappa shape index (κ2) is 10.6. The van der Waals surface area contributed by atoms with Crippen LogP contribution in [0.2, 0.25) is 5.02 Å². The van der Waals surface area contributed by atoms with Crippen LogP contribution in [0, 0.1) is 0 Å². The Labute approximate surface area is 191 Å². The maximum atomic E-state index is 13.0. The maximum Gasteiger partial charge on any atom is 0.340 e. The fourth-order valence-corrected chi connectivity index (χ4v) is 3.78. The van der Waals surface area contributed by atoms with Gasteiger partial charge in [-0.1, -0.05) is 30.7 Å². The number of para-hydroxylation sites is 1. The van der Waals surface area contributed by atoms with Gasteiger partial charge in [-0.15, -0.1) is 0 Å². The summed E-state index contributed by atoms with van der Waals surface area (Å²) in [5.41, 5.74) is 0.538. The van der Waals surface area contributed by atoms with Crippen LogP contribution < -0.4 is 15.8 Å². The minimum absolute atomic E-state index is 0.0133. The minimum Gasteiger partial charge on any atom is -0.465 e. The third kappa shape index (κ3) is 5.28. The number of esters is 1. The molecule has 1 fully saturated rings. The van der Waals surface area contributed by atoms with Crippen molar-refractivity contribution in [3.8, 4) is 5.69 Å². The Kier molecular flexibility index (Phi) is 7.87. The van der Waals surface area contributed by atoms with Gasteiger partial charge in [-0.2, -0.15) is 9.78 Å². The van der Waals surface area contributed by atoms with Crippen molar-refractivity contribution in [2.75, 3.05) is 44.7 Å². The van der Waals surface area contributed by atoms with E-state index < -0.39 is 11.5 Å². The first-order valence-electron chi connectivity index (χ1n) is 10.6. The number of methoxy groups -OCH3 is 1. The van der Waals surface area contributed by atoms with Gasteiger partial charge in [-0.25, -0.2) is 4.79 Å². The van der Waals surface area contributed by atoms with Crippen molar-refractivity contribution in [3.63, 3.8) is 0 Å². The summed E-state index contributed by atoms with van der Waals surface area (Å²) in [6, 6.07) is 6.71. The van der Waals surface area contributed by atoms with Crippen LogP contribution in [0.1, 0.15) is 30.6 Å². The number of piperazine rings is 1. The van der Waals surface area contributed by atoms with Gasteiger partial charge in [0.15, 0.2) is 0 Å². The second-order valence-electron chi connectivity index (χ2n) is 7.71. The average Bonchev–Trinajstić information content (AvgIpc) is 2.80. The van der Waals surface area contributed by atoms with E-state index in [0.717, 1.165) is 11.1 Å². The largest absolute Gasteiger partial charge is 0.465 e. The molecule has 1 aromatic heterocycles. The molecule has 32 heavy (non-hydrogen) atoms. The average molecular weight is 462 g/mol. The fourth-order valence-electron chi connectivity index (χ4n) is 3.53. The van der Waals surface area contributed by atoms with Crippen LogP contribution in [-0.2, 0) is 9.53 Å². The number of ether oxygens (including phenoxy) is 1. The number of carbonyl (C=O) groups excluding carboxylic acids is 2. The molecule has 1 atom stereocenters. The number of nitrogens with one attached hydrogen (secondary N) is 1. The summed E-state index contributed by atoms with van der Waals surface area (Å²) in [5.74, 6) is -0.553. The molecule has 0 saturated carbocycles. The highest BCUT2D eigenvalue weighted by Gasteiger charge is 2.24. The molecule has 1 aliphatic heterocycles. The van der Waals surface area contributed by atoms with Gasteiger partial charge in [0.2, 0.25) is 5.91 Å². The standard InChI is InChI=1S/C22H28ClN5O4/c1-4-15(2)25-19(29)14-26-9-11-27(12-10-26)18-13-24-28(21(30)20(18)23)17-8-6-5-7-16(17)22(31)32-3/h5-8,13,15H,4,9-12,14H2,1-3H3,(H,25,29). The summed E-state index contributed by atoms with van der Waals surface area (Å²) in [6.45, 7) is 6.91. The highest BCUT2D eigenvalue weighted by Crippen LogP contribution is 2.23. The van der Waals surface area contributed by atoms with E-state index in [-0.39, 0.29) is 22.5 Å². The predicted octanol–water partition coefficient (Wildman–Crippen LogP) is 1.71. The lowest BCUT2D eigenvalue weighted by Crippen LogP contribution is -2.50. The highest BCUT2D eigenvalue weighted by molar-refractivity contribution is 6.33. The van der Waals surface area contributed by atoms with Crippen LogP contribution >= 0.6 is 11.6 Å². The van der Waals surface area contributed by atoms with Gasteiger partial charge in [0.1, 0.15) is 5.02 Å². The molecule has 1 aliphatic rings. The van der Waals surface area contributed by atoms with Crippen LogP contribution in [-0.4, -0.2) is 72.4 Å². The first kappa shape index (κ1) is 23.7. The SMILES string of the molecule is CCC(C)NC(=O)CN1CCN(c2cnn(-c3ccccc3C(=O)OC)c(=O)c2Cl)CC1. The topological polar surface area (TPSA) is 96.8 Å². The molecule has 0 aliphatic carbocycles. The van der Waals surface area contributed by atoms with Crippen LogP contribution in [0.25, 0.3) is 5.69 Å². The number of rotatable bonds is 7. The lowest BCUT2D eigenvalue weighted by molar-refractivity contribution is -0.122. The molecule has 1 saturated heterocycles. The lowest BCUT2D eigenvalue weighted by Gasteiger charge is -2.36. The van der Waals surface area contributed by atoms with Crippen LogP contribution in [0.5, 0.6) is 0 Å². The van der Waals surface area contributed by atoms with E-state index in [2.05, 4.69) is 15.3 Å². The van der Waals surface area contributed by atoms with Gasteiger partial charge in [0.25, 0.3) is 5.56 Å². The molecule has 0 spiro atoms. The smallest absolute Gasteiger partial charge is 0.340 e. The van der Waals surface area contributed by atoms with Gasteiger partial charge in [-0.05, 0) is 25.5 Å². The highest BCUT2D eigenvalue weighted by atomic mass is 35.5. The number of halogens is 1. The van der Waals surface area contributed by atoms with Gasteiger partial charge in [0, 0.05) is 32.2 Å². The zero-order chi connectivity index (χ0) is 23.3. The van der Waals surface area contributed by atoms with Gasteiger partial charge in [-0.3, -0.25) is 14.5 Å². The van der Waals surface area contributed by atoms with Crippen molar-refractivity contribution in [2.45, 2.75) is 26.3 Å². The minimum atomic E-state index is -0.567. The zero-order valence-electron chi connectivity index (χ0n) is 18.5. The monoisotopic (exact) mass is 461 g/mol. The number of carbonyl (C=O) groups is 2. The first-order chi connectivity index (χ1) is 15.3. The van der Waals surface area contributed by atoms with Gasteiger partial charge < -0.3 is 15.0 Å². The van der Waals surface area contributed by atoms with E-state index in [0.29, 0.717) is 44.1 Å². The van der Waals surface area contributed by atoms with Gasteiger partial charge >= 0.3 is 5.97 Å². The molecule has 9 nitrogen and oxygen atoms in total. The number of anilines is 1. The van der Waals surface area contributed by atoms with Crippen molar-refractivity contribution in [1.82, 2.24) is 20.0 Å². The summed E-state index contributed by atoms with van der Waals surface area (Å²) in [4.78, 5) is 41.2. The first-order valence-corrected chi connectivity index (χ1v) is 11.0. The summed E-state index contributed by atoms with van der Waals surface area (Å²) in [6.07, 6.45) is 2.42. The third-order valence-corrected chi connectivity index (χ3v) is 5.89. The molecule has 1 N–H and O–H groups in total. The normalized spacial score (nSPS) is 15.3. The Hall–Kier alpha value is -2.91. The molecule has 0 bridgehead atoms. The lowest BCUT2D eigenvalue weighted by atomic mass is 10.2. The van der Waals surface area contributed by atoms with Crippen molar-refractivity contribution in [2.24, 2.45) is 0 Å². The van der Waals surface area contributed by atoms with E-state index in [1.165, 1.54) is 13.3 Å². The number of hydrogen-bond donors (Lipinski definition) is 1. The van der Waals surface area contributed by atoms with E-state index >= 15 is 0 Å². The summed E-state index contributed by atoms with van der Waals surface area (Å²) in [5, 5.41) is 7.27. The molecule has 0 radical (unpaired) electrons. The third-order valence-electron chi connectivity index (χ3n) is 5.54. The van der Waals surface area contributed by atoms with Gasteiger partial charge in [0.05, 0.1) is 36.8 Å². The number of benzene rings is 1. The molecule has 172 valence electrons. The predicted molar refractivity (Wildman–Crippen MR) is 123 cm³/mol. The molecular weight excluding hydrogens is 434 g/mol. The van der Waals surface area contributed by atoms with E-state index in [4.69, 9.17) is 16.3 Å². The molecule has 2 heterocycles. The second-order valence-corrected chi connectivity index (χ2v) is 8.09. The molecule has 2 aromatic rings. The Morgan fingerprint density at radius 2 is 1.88 bits per heavy atom. The Bertz CT molecular complexity index is 1030. The molecule has 1 unspecified atom stereocenters. The quantitative estimate of drug-likeness (QED) is 0.627. The summed E-state index contributed by atoms with van der Waals surface area (Å²) >= 11 is 6.43. The molecule has 1 aromatic carbocycles. The van der Waals surface area contributed by atoms with Crippen molar-refractivity contribution in [1.29, 1.82) is 0 Å². The molecule has 10 heteroatoms. The molecule has 3 rings (SSSR count). The molecule has 1 amide bonds. The fraction of sp³-hybridized carbons (Fsp3) is 0.455. The Balaban J connectivity index is 1.73. The van der Waals surface area contributed by atoms with Crippen molar-refractivity contribution >= 4 is 29.2 Å². The summed E-state index contributed by atoms with van der Waals surface area (Å²) < 4.78 is 5.90. The Morgan fingerprint density at radius 3 is 2.53 bits per heavy atom. The molecular formula is C22H28ClN5O4. The number of amides is 1.